The van der Waals surface area contributed by atoms with Crippen molar-refractivity contribution in [3.05, 3.63) is 96.1 Å². The molecule has 5 aromatic rings. The highest BCUT2D eigenvalue weighted by Crippen LogP contribution is 2.34. The Labute approximate surface area is 161 Å². The average molecular weight is 367 g/mol. The maximum absolute atomic E-state index is 11.9. The molecule has 0 radical (unpaired) electrons. The van der Waals surface area contributed by atoms with Gasteiger partial charge in [0.1, 0.15) is 5.58 Å². The monoisotopic (exact) mass is 367 g/mol. The minimum atomic E-state index is -0.936. The van der Waals surface area contributed by atoms with Gasteiger partial charge >= 0.3 is 5.97 Å². The lowest BCUT2D eigenvalue weighted by atomic mass is 10.1. The molecule has 0 aliphatic heterocycles. The summed E-state index contributed by atoms with van der Waals surface area (Å²) < 4.78 is 8.13. The number of carboxylic acid groups (broad SMARTS) is 1. The van der Waals surface area contributed by atoms with Gasteiger partial charge in [0.05, 0.1) is 16.8 Å². The molecule has 0 unspecified atom stereocenters. The Hall–Kier alpha value is -3.79. The van der Waals surface area contributed by atoms with Crippen molar-refractivity contribution in [3.63, 3.8) is 0 Å². The quantitative estimate of drug-likeness (QED) is 0.437. The van der Waals surface area contributed by atoms with Crippen LogP contribution in [0.3, 0.4) is 0 Å². The van der Waals surface area contributed by atoms with E-state index in [2.05, 4.69) is 0 Å². The number of carboxylic acids is 1. The van der Waals surface area contributed by atoms with E-state index in [0.29, 0.717) is 12.1 Å². The number of nitrogens with zero attached hydrogens (tertiary/aromatic N) is 1. The molecule has 0 fully saturated rings. The Kier molecular flexibility index (Phi) is 3.76. The van der Waals surface area contributed by atoms with Crippen LogP contribution in [0.15, 0.2) is 89.3 Å². The smallest absolute Gasteiger partial charge is 0.337 e. The van der Waals surface area contributed by atoms with Crippen LogP contribution in [0.25, 0.3) is 33.3 Å². The number of aromatic nitrogens is 1. The molecule has 136 valence electrons. The number of furan rings is 1. The van der Waals surface area contributed by atoms with Crippen LogP contribution in [0.2, 0.25) is 0 Å². The first-order valence-electron chi connectivity index (χ1n) is 9.09. The molecule has 28 heavy (non-hydrogen) atoms. The third kappa shape index (κ3) is 2.67. The molecule has 0 spiro atoms. The zero-order chi connectivity index (χ0) is 19.1. The van der Waals surface area contributed by atoms with E-state index in [0.717, 1.165) is 33.4 Å². The number of para-hydroxylation sites is 2. The maximum atomic E-state index is 11.9. The maximum Gasteiger partial charge on any atom is 0.337 e. The number of benzene rings is 3. The highest BCUT2D eigenvalue weighted by molar-refractivity contribution is 6.04. The second-order valence-electron chi connectivity index (χ2n) is 6.80. The normalized spacial score (nSPS) is 11.3. The van der Waals surface area contributed by atoms with Crippen LogP contribution in [0.5, 0.6) is 0 Å². The number of fused-ring (bicyclic) bond motifs is 2. The van der Waals surface area contributed by atoms with Crippen LogP contribution >= 0.6 is 0 Å². The molecule has 0 aliphatic rings. The summed E-state index contributed by atoms with van der Waals surface area (Å²) in [6.45, 7) is 0.557. The standard InChI is InChI=1S/C24H17NO3/c26-24(27)19-11-6-10-18-13-20(22-14-17-9-4-5-12-21(17)28-22)25(23(18)19)15-16-7-2-1-3-8-16/h1-14H,15H2,(H,26,27). The molecule has 2 aromatic heterocycles. The predicted molar refractivity (Wildman–Crippen MR) is 110 cm³/mol. The van der Waals surface area contributed by atoms with E-state index < -0.39 is 5.97 Å². The zero-order valence-electron chi connectivity index (χ0n) is 15.0. The fraction of sp³-hybridized carbons (Fsp3) is 0.0417. The van der Waals surface area contributed by atoms with Gasteiger partial charge in [-0.25, -0.2) is 4.79 Å². The van der Waals surface area contributed by atoms with E-state index in [1.54, 1.807) is 12.1 Å². The van der Waals surface area contributed by atoms with E-state index in [4.69, 9.17) is 4.42 Å². The summed E-state index contributed by atoms with van der Waals surface area (Å²) in [4.78, 5) is 11.9. The van der Waals surface area contributed by atoms with Crippen molar-refractivity contribution in [2.45, 2.75) is 6.54 Å². The molecule has 0 bridgehead atoms. The molecule has 2 heterocycles. The van der Waals surface area contributed by atoms with Gasteiger partial charge in [-0.15, -0.1) is 0 Å². The molecular formula is C24H17NO3. The Balaban J connectivity index is 1.79. The molecule has 3 aromatic carbocycles. The third-order valence-electron chi connectivity index (χ3n) is 5.01. The molecule has 0 aliphatic carbocycles. The topological polar surface area (TPSA) is 55.4 Å². The first kappa shape index (κ1) is 16.4. The third-order valence-corrected chi connectivity index (χ3v) is 5.01. The molecule has 5 rings (SSSR count). The van der Waals surface area contributed by atoms with Crippen molar-refractivity contribution in [1.29, 1.82) is 0 Å². The highest BCUT2D eigenvalue weighted by Gasteiger charge is 2.19. The molecule has 1 N–H and O–H groups in total. The lowest BCUT2D eigenvalue weighted by molar-refractivity contribution is 0.0698. The lowest BCUT2D eigenvalue weighted by Gasteiger charge is -2.11. The van der Waals surface area contributed by atoms with Gasteiger partial charge in [-0.3, -0.25) is 0 Å². The number of rotatable bonds is 4. The van der Waals surface area contributed by atoms with Crippen molar-refractivity contribution in [1.82, 2.24) is 4.57 Å². The summed E-state index contributed by atoms with van der Waals surface area (Å²) in [7, 11) is 0. The molecular weight excluding hydrogens is 350 g/mol. The second-order valence-corrected chi connectivity index (χ2v) is 6.80. The van der Waals surface area contributed by atoms with Gasteiger partial charge in [-0.1, -0.05) is 60.7 Å². The molecule has 4 heteroatoms. The fourth-order valence-corrected chi connectivity index (χ4v) is 3.74. The Morgan fingerprint density at radius 1 is 0.857 bits per heavy atom. The van der Waals surface area contributed by atoms with Crippen molar-refractivity contribution in [2.24, 2.45) is 0 Å². The van der Waals surface area contributed by atoms with Gasteiger partial charge in [0.15, 0.2) is 5.76 Å². The van der Waals surface area contributed by atoms with Crippen LogP contribution in [-0.2, 0) is 6.54 Å². The van der Waals surface area contributed by atoms with Crippen LogP contribution in [0, 0.1) is 0 Å². The Morgan fingerprint density at radius 3 is 2.39 bits per heavy atom. The SMILES string of the molecule is O=C(O)c1cccc2cc(-c3cc4ccccc4o3)n(Cc3ccccc3)c12. The van der Waals surface area contributed by atoms with E-state index in [1.807, 2.05) is 77.4 Å². The highest BCUT2D eigenvalue weighted by atomic mass is 16.4. The van der Waals surface area contributed by atoms with Crippen molar-refractivity contribution >= 4 is 27.8 Å². The van der Waals surface area contributed by atoms with Gasteiger partial charge < -0.3 is 14.1 Å². The van der Waals surface area contributed by atoms with Gasteiger partial charge in [-0.05, 0) is 29.8 Å². The first-order chi connectivity index (χ1) is 13.7. The number of hydrogen-bond acceptors (Lipinski definition) is 2. The van der Waals surface area contributed by atoms with E-state index in [1.165, 1.54) is 0 Å². The summed E-state index contributed by atoms with van der Waals surface area (Å²) in [5, 5.41) is 11.6. The molecule has 0 saturated carbocycles. The van der Waals surface area contributed by atoms with Crippen molar-refractivity contribution in [3.8, 4) is 11.5 Å². The largest absolute Gasteiger partial charge is 0.478 e. The van der Waals surface area contributed by atoms with Crippen molar-refractivity contribution < 1.29 is 14.3 Å². The number of hydrogen-bond donors (Lipinski definition) is 1. The van der Waals surface area contributed by atoms with E-state index in [9.17, 15) is 9.90 Å². The Bertz CT molecular complexity index is 1280. The Morgan fingerprint density at radius 2 is 1.61 bits per heavy atom. The molecule has 0 saturated heterocycles. The minimum Gasteiger partial charge on any atom is -0.478 e. The minimum absolute atomic E-state index is 0.288. The predicted octanol–water partition coefficient (Wildman–Crippen LogP) is 5.80. The van der Waals surface area contributed by atoms with Crippen LogP contribution < -0.4 is 0 Å². The lowest BCUT2D eigenvalue weighted by Crippen LogP contribution is -2.06. The first-order valence-corrected chi connectivity index (χ1v) is 9.09. The summed E-state index contributed by atoms with van der Waals surface area (Å²) in [5.74, 6) is -0.209. The van der Waals surface area contributed by atoms with Crippen LogP contribution in [0.4, 0.5) is 0 Å². The number of carbonyl (C=O) groups is 1. The van der Waals surface area contributed by atoms with Crippen LogP contribution in [-0.4, -0.2) is 15.6 Å². The van der Waals surface area contributed by atoms with Crippen LogP contribution in [0.1, 0.15) is 15.9 Å². The van der Waals surface area contributed by atoms with Gasteiger partial charge in [0.2, 0.25) is 0 Å². The fourth-order valence-electron chi connectivity index (χ4n) is 3.74. The van der Waals surface area contributed by atoms with Gasteiger partial charge in [0.25, 0.3) is 0 Å². The molecule has 4 nitrogen and oxygen atoms in total. The summed E-state index contributed by atoms with van der Waals surface area (Å²) in [5.41, 5.74) is 3.76. The average Bonchev–Trinajstić information content (AvgIpc) is 3.30. The summed E-state index contributed by atoms with van der Waals surface area (Å²) in [6.07, 6.45) is 0. The summed E-state index contributed by atoms with van der Waals surface area (Å²) >= 11 is 0. The van der Waals surface area contributed by atoms with Gasteiger partial charge in [-0.2, -0.15) is 0 Å². The molecule has 0 amide bonds. The second kappa shape index (κ2) is 6.43. The van der Waals surface area contributed by atoms with E-state index in [-0.39, 0.29) is 5.56 Å². The van der Waals surface area contributed by atoms with Crippen molar-refractivity contribution in [2.75, 3.05) is 0 Å². The zero-order valence-corrected chi connectivity index (χ0v) is 15.0. The summed E-state index contributed by atoms with van der Waals surface area (Å²) in [6, 6.07) is 27.3. The van der Waals surface area contributed by atoms with Gasteiger partial charge in [0, 0.05) is 17.3 Å². The van der Waals surface area contributed by atoms with E-state index >= 15 is 0 Å². The number of aromatic carboxylic acids is 1. The molecule has 0 atom stereocenters.